The fourth-order valence-corrected chi connectivity index (χ4v) is 5.58. The van der Waals surface area contributed by atoms with Crippen molar-refractivity contribution >= 4 is 5.91 Å². The summed E-state index contributed by atoms with van der Waals surface area (Å²) in [6, 6.07) is -0.769. The largest absolute Gasteiger partial charge is 0.394 e. The second-order valence-corrected chi connectivity index (χ2v) is 11.4. The first-order valence-corrected chi connectivity index (χ1v) is 13.0. The zero-order valence-electron chi connectivity index (χ0n) is 23.6. The van der Waals surface area contributed by atoms with Crippen LogP contribution in [0.3, 0.4) is 0 Å². The number of rotatable bonds is 9. The summed E-state index contributed by atoms with van der Waals surface area (Å²) in [4.78, 5) is 12.3. The first-order valence-electron chi connectivity index (χ1n) is 13.0. The van der Waals surface area contributed by atoms with Gasteiger partial charge in [0.05, 0.1) is 13.2 Å². The minimum atomic E-state index is -1.07. The van der Waals surface area contributed by atoms with E-state index in [2.05, 4.69) is 5.32 Å². The highest BCUT2D eigenvalue weighted by molar-refractivity contribution is 5.73. The molecule has 4 saturated heterocycles. The highest BCUT2D eigenvalue weighted by atomic mass is 16.8. The lowest BCUT2D eigenvalue weighted by atomic mass is 9.96. The number of aliphatic hydroxyl groups is 1. The van der Waals surface area contributed by atoms with Gasteiger partial charge in [0.1, 0.15) is 48.8 Å². The zero-order chi connectivity index (χ0) is 28.0. The molecule has 4 heterocycles. The molecule has 4 rings (SSSR count). The van der Waals surface area contributed by atoms with Crippen LogP contribution in [-0.2, 0) is 52.2 Å². The van der Waals surface area contributed by atoms with Gasteiger partial charge in [-0.1, -0.05) is 0 Å². The average molecular weight is 550 g/mol. The van der Waals surface area contributed by atoms with Crippen molar-refractivity contribution in [3.05, 3.63) is 0 Å². The highest BCUT2D eigenvalue weighted by Crippen LogP contribution is 2.41. The second-order valence-electron chi connectivity index (χ2n) is 11.4. The Labute approximate surface area is 223 Å². The Balaban J connectivity index is 1.69. The van der Waals surface area contributed by atoms with Crippen LogP contribution in [0.5, 0.6) is 0 Å². The van der Waals surface area contributed by atoms with Crippen LogP contribution in [0.25, 0.3) is 0 Å². The number of methoxy groups -OCH3 is 2. The molecule has 0 bridgehead atoms. The van der Waals surface area contributed by atoms with Gasteiger partial charge in [-0.2, -0.15) is 0 Å². The van der Waals surface area contributed by atoms with Crippen molar-refractivity contribution in [2.24, 2.45) is 0 Å². The van der Waals surface area contributed by atoms with Crippen LogP contribution in [-0.4, -0.2) is 117 Å². The van der Waals surface area contributed by atoms with Crippen LogP contribution >= 0.6 is 0 Å². The molecule has 220 valence electrons. The van der Waals surface area contributed by atoms with Gasteiger partial charge in [0.25, 0.3) is 0 Å². The monoisotopic (exact) mass is 549 g/mol. The molecule has 0 spiro atoms. The van der Waals surface area contributed by atoms with Crippen molar-refractivity contribution in [2.45, 2.75) is 127 Å². The molecule has 0 aromatic carbocycles. The Morgan fingerprint density at radius 1 is 0.921 bits per heavy atom. The van der Waals surface area contributed by atoms with Gasteiger partial charge in [-0.25, -0.2) is 0 Å². The lowest BCUT2D eigenvalue weighted by Gasteiger charge is -2.44. The number of nitrogens with one attached hydrogen (secondary N) is 1. The second kappa shape index (κ2) is 11.1. The molecule has 0 aromatic rings. The summed E-state index contributed by atoms with van der Waals surface area (Å²) in [6.45, 7) is 12.0. The molecule has 38 heavy (non-hydrogen) atoms. The third-order valence-corrected chi connectivity index (χ3v) is 6.94. The molecule has 13 heteroatoms. The quantitative estimate of drug-likeness (QED) is 0.385. The van der Waals surface area contributed by atoms with Crippen LogP contribution in [0.15, 0.2) is 0 Å². The van der Waals surface area contributed by atoms with Crippen molar-refractivity contribution in [2.75, 3.05) is 27.4 Å². The van der Waals surface area contributed by atoms with Gasteiger partial charge >= 0.3 is 0 Å². The predicted molar refractivity (Wildman–Crippen MR) is 129 cm³/mol. The van der Waals surface area contributed by atoms with Crippen molar-refractivity contribution in [3.8, 4) is 0 Å². The van der Waals surface area contributed by atoms with Crippen molar-refractivity contribution in [1.82, 2.24) is 5.32 Å². The summed E-state index contributed by atoms with van der Waals surface area (Å²) in [6.07, 6.45) is -6.77. The molecule has 9 atom stereocenters. The molecule has 13 nitrogen and oxygen atoms in total. The molecule has 0 aliphatic carbocycles. The average Bonchev–Trinajstić information content (AvgIpc) is 3.44. The molecule has 4 aliphatic rings. The molecular formula is C25H43NO12. The zero-order valence-corrected chi connectivity index (χ0v) is 23.6. The van der Waals surface area contributed by atoms with Crippen molar-refractivity contribution in [1.29, 1.82) is 0 Å². The van der Waals surface area contributed by atoms with E-state index in [0.717, 1.165) is 0 Å². The van der Waals surface area contributed by atoms with E-state index in [9.17, 15) is 9.90 Å². The Hall–Kier alpha value is -0.970. The van der Waals surface area contributed by atoms with Gasteiger partial charge in [-0.3, -0.25) is 4.79 Å². The summed E-state index contributed by atoms with van der Waals surface area (Å²) in [5.41, 5.74) is 0. The van der Waals surface area contributed by atoms with Gasteiger partial charge in [-0.05, 0) is 41.5 Å². The van der Waals surface area contributed by atoms with E-state index in [0.29, 0.717) is 0 Å². The van der Waals surface area contributed by atoms with E-state index in [1.807, 2.05) is 0 Å². The van der Waals surface area contributed by atoms with E-state index >= 15 is 0 Å². The van der Waals surface area contributed by atoms with E-state index in [1.165, 1.54) is 21.1 Å². The van der Waals surface area contributed by atoms with Crippen LogP contribution in [0.1, 0.15) is 48.5 Å². The maximum atomic E-state index is 12.3. The van der Waals surface area contributed by atoms with Gasteiger partial charge in [0.2, 0.25) is 5.91 Å². The van der Waals surface area contributed by atoms with Gasteiger partial charge in [-0.15, -0.1) is 0 Å². The minimum absolute atomic E-state index is 0.203. The summed E-state index contributed by atoms with van der Waals surface area (Å²) in [5, 5.41) is 13.0. The Kier molecular flexibility index (Phi) is 8.79. The number of carbonyl (C=O) groups is 1. The minimum Gasteiger partial charge on any atom is -0.394 e. The fourth-order valence-electron chi connectivity index (χ4n) is 5.58. The molecule has 4 fully saturated rings. The van der Waals surface area contributed by atoms with E-state index in [-0.39, 0.29) is 19.1 Å². The normalized spacial score (nSPS) is 40.3. The third-order valence-electron chi connectivity index (χ3n) is 6.94. The predicted octanol–water partition coefficient (Wildman–Crippen LogP) is 0.404. The molecular weight excluding hydrogens is 506 g/mol. The SMILES string of the molecule is COC(OC)[C@@H]1OC(C)(C)O[C@H]1[C@H](O[C@@H]1O[C@H](CO)[C@@H]2OC(C)(C)O[C@@H]2[C@H]1NC(C)=O)[C@H]1COC(C)(C)O1. The number of fused-ring (bicyclic) bond motifs is 1. The Morgan fingerprint density at radius 2 is 1.53 bits per heavy atom. The molecule has 4 aliphatic heterocycles. The standard InChI is InChI=1S/C25H43NO12/c1-12(28)26-15-18-17(35-24(4,5)36-18)13(10-27)32-21(15)33-16(14-11-31-23(2,3)34-14)19-20(22(29-8)30-9)38-25(6,7)37-19/h13-22,27H,10-11H2,1-9H3,(H,26,28)/t13-,14-,15-,16-,17+,18-,19+,20-,21+/m1/s1. The van der Waals surface area contributed by atoms with E-state index < -0.39 is 78.7 Å². The number of amides is 1. The smallest absolute Gasteiger partial charge is 0.217 e. The van der Waals surface area contributed by atoms with Crippen LogP contribution in [0.4, 0.5) is 0 Å². The van der Waals surface area contributed by atoms with E-state index in [1.54, 1.807) is 41.5 Å². The fraction of sp³-hybridized carbons (Fsp3) is 0.960. The first kappa shape index (κ1) is 30.0. The number of ether oxygens (including phenoxy) is 10. The summed E-state index contributed by atoms with van der Waals surface area (Å²) >= 11 is 0. The molecule has 0 radical (unpaired) electrons. The van der Waals surface area contributed by atoms with Crippen molar-refractivity contribution in [3.63, 3.8) is 0 Å². The third kappa shape index (κ3) is 6.33. The Morgan fingerprint density at radius 3 is 2.08 bits per heavy atom. The van der Waals surface area contributed by atoms with E-state index in [4.69, 9.17) is 47.4 Å². The van der Waals surface area contributed by atoms with Crippen LogP contribution in [0, 0.1) is 0 Å². The maximum absolute atomic E-state index is 12.3. The van der Waals surface area contributed by atoms with Gasteiger partial charge in [0, 0.05) is 21.1 Å². The lowest BCUT2D eigenvalue weighted by molar-refractivity contribution is -0.292. The molecule has 1 amide bonds. The maximum Gasteiger partial charge on any atom is 0.217 e. The molecule has 2 N–H and O–H groups in total. The molecule has 0 saturated carbocycles. The number of hydrogen-bond acceptors (Lipinski definition) is 12. The summed E-state index contributed by atoms with van der Waals surface area (Å²) in [5.74, 6) is -3.12. The lowest BCUT2D eigenvalue weighted by Crippen LogP contribution is -2.65. The number of hydrogen-bond donors (Lipinski definition) is 2. The first-order chi connectivity index (χ1) is 17.7. The summed E-state index contributed by atoms with van der Waals surface area (Å²) in [7, 11) is 3.02. The summed E-state index contributed by atoms with van der Waals surface area (Å²) < 4.78 is 60.6. The number of aliphatic hydroxyl groups excluding tert-OH is 1. The van der Waals surface area contributed by atoms with Gasteiger partial charge < -0.3 is 57.8 Å². The van der Waals surface area contributed by atoms with Crippen LogP contribution in [0.2, 0.25) is 0 Å². The van der Waals surface area contributed by atoms with Gasteiger partial charge in [0.15, 0.2) is 29.9 Å². The topological polar surface area (TPSA) is 142 Å². The number of carbonyl (C=O) groups excluding carboxylic acids is 1. The molecule has 0 unspecified atom stereocenters. The van der Waals surface area contributed by atoms with Crippen LogP contribution < -0.4 is 5.32 Å². The molecule has 0 aromatic heterocycles. The van der Waals surface area contributed by atoms with Crippen molar-refractivity contribution < 1.29 is 57.3 Å². The Bertz CT molecular complexity index is 833. The highest BCUT2D eigenvalue weighted by Gasteiger charge is 2.59.